The van der Waals surface area contributed by atoms with Crippen molar-refractivity contribution < 1.29 is 4.74 Å². The van der Waals surface area contributed by atoms with Crippen molar-refractivity contribution >= 4 is 5.69 Å². The van der Waals surface area contributed by atoms with Crippen LogP contribution in [-0.4, -0.2) is 35.5 Å². The lowest BCUT2D eigenvalue weighted by molar-refractivity contribution is -0.00524. The van der Waals surface area contributed by atoms with Crippen molar-refractivity contribution in [1.82, 2.24) is 10.2 Å². The summed E-state index contributed by atoms with van der Waals surface area (Å²) in [6.07, 6.45) is 2.05. The van der Waals surface area contributed by atoms with Crippen LogP contribution >= 0.6 is 0 Å². The molecule has 2 rings (SSSR count). The molecule has 0 amide bonds. The number of hydrogen-bond acceptors (Lipinski definition) is 4. The molecule has 0 radical (unpaired) electrons. The molecule has 0 saturated carbocycles. The zero-order chi connectivity index (χ0) is 10.8. The van der Waals surface area contributed by atoms with Gasteiger partial charge in [-0.05, 0) is 13.8 Å². The predicted octanol–water partition coefficient (Wildman–Crippen LogP) is 0.383. The zero-order valence-electron chi connectivity index (χ0n) is 8.93. The van der Waals surface area contributed by atoms with Gasteiger partial charge in [-0.3, -0.25) is 4.79 Å². The first-order chi connectivity index (χ1) is 7.15. The second-order valence-corrected chi connectivity index (χ2v) is 3.97. The maximum atomic E-state index is 11.1. The van der Waals surface area contributed by atoms with Gasteiger partial charge in [0.05, 0.1) is 24.1 Å². The van der Waals surface area contributed by atoms with Crippen molar-refractivity contribution in [3.8, 4) is 0 Å². The summed E-state index contributed by atoms with van der Waals surface area (Å²) in [5.41, 5.74) is 0.694. The number of H-pyrrole nitrogens is 1. The fraction of sp³-hybridized carbons (Fsp3) is 0.600. The first-order valence-electron chi connectivity index (χ1n) is 5.10. The maximum absolute atomic E-state index is 11.1. The van der Waals surface area contributed by atoms with Crippen LogP contribution < -0.4 is 10.5 Å². The summed E-state index contributed by atoms with van der Waals surface area (Å²) in [4.78, 5) is 13.2. The van der Waals surface area contributed by atoms with Gasteiger partial charge in [-0.2, -0.15) is 5.10 Å². The summed E-state index contributed by atoms with van der Waals surface area (Å²) in [5, 5.41) is 6.16. The number of aromatic nitrogens is 2. The Bertz CT molecular complexity index is 380. The zero-order valence-corrected chi connectivity index (χ0v) is 8.93. The van der Waals surface area contributed by atoms with Crippen LogP contribution in [-0.2, 0) is 4.74 Å². The summed E-state index contributed by atoms with van der Waals surface area (Å²) in [7, 11) is 0. The highest BCUT2D eigenvalue weighted by Gasteiger charge is 2.22. The molecule has 2 heterocycles. The normalized spacial score (nSPS) is 26.7. The third-order valence-corrected chi connectivity index (χ3v) is 2.44. The maximum Gasteiger partial charge on any atom is 0.266 e. The van der Waals surface area contributed by atoms with Gasteiger partial charge >= 0.3 is 0 Å². The lowest BCUT2D eigenvalue weighted by atomic mass is 10.2. The molecular weight excluding hydrogens is 194 g/mol. The molecule has 1 N–H and O–H groups in total. The molecule has 0 bridgehead atoms. The molecule has 0 unspecified atom stereocenters. The van der Waals surface area contributed by atoms with Crippen LogP contribution in [0.1, 0.15) is 13.8 Å². The highest BCUT2D eigenvalue weighted by Crippen LogP contribution is 2.17. The van der Waals surface area contributed by atoms with Gasteiger partial charge in [-0.15, -0.1) is 0 Å². The number of rotatable bonds is 1. The van der Waals surface area contributed by atoms with E-state index in [0.717, 1.165) is 18.8 Å². The van der Waals surface area contributed by atoms with Crippen molar-refractivity contribution in [1.29, 1.82) is 0 Å². The van der Waals surface area contributed by atoms with Crippen molar-refractivity contribution in [3.63, 3.8) is 0 Å². The highest BCUT2D eigenvalue weighted by molar-refractivity contribution is 5.43. The summed E-state index contributed by atoms with van der Waals surface area (Å²) in [6, 6.07) is 1.57. The average molecular weight is 209 g/mol. The average Bonchev–Trinajstić information content (AvgIpc) is 2.16. The minimum atomic E-state index is -0.167. The van der Waals surface area contributed by atoms with Crippen LogP contribution in [0.25, 0.3) is 0 Å². The Labute approximate surface area is 88.1 Å². The van der Waals surface area contributed by atoms with E-state index in [4.69, 9.17) is 4.74 Å². The lowest BCUT2D eigenvalue weighted by Gasteiger charge is -2.36. The van der Waals surface area contributed by atoms with Gasteiger partial charge in [0.2, 0.25) is 0 Å². The monoisotopic (exact) mass is 209 g/mol. The van der Waals surface area contributed by atoms with Crippen molar-refractivity contribution in [3.05, 3.63) is 22.6 Å². The van der Waals surface area contributed by atoms with E-state index in [1.165, 1.54) is 0 Å². The van der Waals surface area contributed by atoms with Crippen LogP contribution in [0.2, 0.25) is 0 Å². The van der Waals surface area contributed by atoms with E-state index in [0.29, 0.717) is 0 Å². The molecule has 1 saturated heterocycles. The van der Waals surface area contributed by atoms with E-state index in [1.807, 2.05) is 13.8 Å². The number of hydrogen-bond donors (Lipinski definition) is 1. The molecule has 82 valence electrons. The van der Waals surface area contributed by atoms with Gasteiger partial charge in [0.1, 0.15) is 0 Å². The van der Waals surface area contributed by atoms with Gasteiger partial charge in [0.15, 0.2) is 0 Å². The fourth-order valence-corrected chi connectivity index (χ4v) is 1.93. The molecule has 0 spiro atoms. The van der Waals surface area contributed by atoms with Gasteiger partial charge in [0.25, 0.3) is 5.56 Å². The van der Waals surface area contributed by atoms with E-state index in [-0.39, 0.29) is 17.8 Å². The molecule has 1 aromatic rings. The smallest absolute Gasteiger partial charge is 0.266 e. The molecule has 1 aliphatic heterocycles. The van der Waals surface area contributed by atoms with E-state index in [9.17, 15) is 4.79 Å². The molecule has 1 aliphatic rings. The molecule has 0 aliphatic carbocycles. The van der Waals surface area contributed by atoms with Crippen LogP contribution in [0.4, 0.5) is 5.69 Å². The first-order valence-corrected chi connectivity index (χ1v) is 5.10. The van der Waals surface area contributed by atoms with E-state index < -0.39 is 0 Å². The van der Waals surface area contributed by atoms with Gasteiger partial charge in [-0.25, -0.2) is 5.10 Å². The molecule has 1 aromatic heterocycles. The van der Waals surface area contributed by atoms with Crippen LogP contribution in [0, 0.1) is 0 Å². The van der Waals surface area contributed by atoms with E-state index >= 15 is 0 Å². The Balaban J connectivity index is 2.19. The van der Waals surface area contributed by atoms with Crippen molar-refractivity contribution in [2.24, 2.45) is 0 Å². The largest absolute Gasteiger partial charge is 0.372 e. The Morgan fingerprint density at radius 1 is 1.47 bits per heavy atom. The minimum absolute atomic E-state index is 0.167. The van der Waals surface area contributed by atoms with Crippen LogP contribution in [0.15, 0.2) is 17.1 Å². The lowest BCUT2D eigenvalue weighted by Crippen LogP contribution is -2.45. The number of ether oxygens (including phenoxy) is 1. The first kappa shape index (κ1) is 10.2. The number of anilines is 1. The molecule has 5 nitrogen and oxygen atoms in total. The number of morpholine rings is 1. The quantitative estimate of drug-likeness (QED) is 0.726. The van der Waals surface area contributed by atoms with Crippen molar-refractivity contribution in [2.75, 3.05) is 18.0 Å². The number of aromatic amines is 1. The minimum Gasteiger partial charge on any atom is -0.372 e. The molecule has 15 heavy (non-hydrogen) atoms. The SMILES string of the molecule is C[C@@H]1CN(c2cn[nH]c(=O)c2)C[C@H](C)O1. The fourth-order valence-electron chi connectivity index (χ4n) is 1.93. The summed E-state index contributed by atoms with van der Waals surface area (Å²) < 4.78 is 5.62. The topological polar surface area (TPSA) is 58.2 Å². The number of nitrogens with zero attached hydrogens (tertiary/aromatic N) is 2. The predicted molar refractivity (Wildman–Crippen MR) is 57.1 cm³/mol. The van der Waals surface area contributed by atoms with Crippen LogP contribution in [0.3, 0.4) is 0 Å². The molecular formula is C10H15N3O2. The summed E-state index contributed by atoms with van der Waals surface area (Å²) >= 11 is 0. The second-order valence-electron chi connectivity index (χ2n) is 3.97. The number of nitrogens with one attached hydrogen (secondary N) is 1. The van der Waals surface area contributed by atoms with Gasteiger partial charge < -0.3 is 9.64 Å². The Kier molecular flexibility index (Phi) is 2.73. The molecule has 0 aromatic carbocycles. The third-order valence-electron chi connectivity index (χ3n) is 2.44. The highest BCUT2D eigenvalue weighted by atomic mass is 16.5. The Hall–Kier alpha value is -1.36. The Morgan fingerprint density at radius 2 is 2.13 bits per heavy atom. The summed E-state index contributed by atoms with van der Waals surface area (Å²) in [5.74, 6) is 0. The molecule has 2 atom stereocenters. The Morgan fingerprint density at radius 3 is 2.73 bits per heavy atom. The third kappa shape index (κ3) is 2.36. The summed E-state index contributed by atoms with van der Waals surface area (Å²) in [6.45, 7) is 5.66. The van der Waals surface area contributed by atoms with Gasteiger partial charge in [0, 0.05) is 19.2 Å². The standard InChI is InChI=1S/C10H15N3O2/c1-7-5-13(6-8(2)15-7)9-3-10(14)12-11-4-9/h3-4,7-8H,5-6H2,1-2H3,(H,12,14)/t7-,8+. The van der Waals surface area contributed by atoms with Crippen LogP contribution in [0.5, 0.6) is 0 Å². The second kappa shape index (κ2) is 4.02. The van der Waals surface area contributed by atoms with Crippen molar-refractivity contribution in [2.45, 2.75) is 26.1 Å². The molecule has 1 fully saturated rings. The van der Waals surface area contributed by atoms with Gasteiger partial charge in [-0.1, -0.05) is 0 Å². The van der Waals surface area contributed by atoms with E-state index in [1.54, 1.807) is 12.3 Å². The molecule has 5 heteroatoms. The van der Waals surface area contributed by atoms with E-state index in [2.05, 4.69) is 15.1 Å².